The lowest BCUT2D eigenvalue weighted by Crippen LogP contribution is -2.61. The summed E-state index contributed by atoms with van der Waals surface area (Å²) in [7, 11) is 0. The third-order valence-corrected chi connectivity index (χ3v) is 4.66. The smallest absolute Gasteiger partial charge is 0.254 e. The van der Waals surface area contributed by atoms with E-state index in [4.69, 9.17) is 9.57 Å². The number of rotatable bonds is 5. The van der Waals surface area contributed by atoms with E-state index >= 15 is 0 Å². The maximum Gasteiger partial charge on any atom is 0.254 e. The van der Waals surface area contributed by atoms with Crippen molar-refractivity contribution in [1.29, 1.82) is 0 Å². The normalized spacial score (nSPS) is 28.0. The SMILES string of the molecule is OC[C@H]1OC(On2cnc(=NCc3ccccc3)c3[nH]cnc32)[C@H](O)[C@@H](O)[C@@H]1O. The molecule has 0 aliphatic carbocycles. The summed E-state index contributed by atoms with van der Waals surface area (Å²) in [5.74, 6) is 0. The molecule has 0 radical (unpaired) electrons. The molecule has 1 saturated heterocycles. The van der Waals surface area contributed by atoms with Gasteiger partial charge >= 0.3 is 0 Å². The van der Waals surface area contributed by atoms with Gasteiger partial charge in [0.2, 0.25) is 0 Å². The number of aromatic nitrogens is 4. The number of nitrogens with zero attached hydrogens (tertiary/aromatic N) is 4. The van der Waals surface area contributed by atoms with Crippen molar-refractivity contribution < 1.29 is 30.0 Å². The van der Waals surface area contributed by atoms with E-state index in [1.54, 1.807) is 0 Å². The second-order valence-corrected chi connectivity index (χ2v) is 6.60. The van der Waals surface area contributed by atoms with Crippen molar-refractivity contribution in [3.05, 3.63) is 54.0 Å². The number of H-pyrrole nitrogens is 1. The van der Waals surface area contributed by atoms with Crippen LogP contribution in [0.1, 0.15) is 5.56 Å². The molecule has 11 nitrogen and oxygen atoms in total. The van der Waals surface area contributed by atoms with Crippen molar-refractivity contribution in [3.63, 3.8) is 0 Å². The third-order valence-electron chi connectivity index (χ3n) is 4.66. The van der Waals surface area contributed by atoms with E-state index in [-0.39, 0.29) is 0 Å². The van der Waals surface area contributed by atoms with Gasteiger partial charge in [0.05, 0.1) is 19.5 Å². The first-order chi connectivity index (χ1) is 14.1. The fourth-order valence-corrected chi connectivity index (χ4v) is 3.06. The Bertz CT molecular complexity index is 1020. The lowest BCUT2D eigenvalue weighted by Gasteiger charge is -2.39. The first-order valence-electron chi connectivity index (χ1n) is 9.01. The van der Waals surface area contributed by atoms with E-state index in [0.717, 1.165) is 5.56 Å². The lowest BCUT2D eigenvalue weighted by molar-refractivity contribution is -0.299. The van der Waals surface area contributed by atoms with E-state index in [1.807, 2.05) is 30.3 Å². The zero-order chi connectivity index (χ0) is 20.4. The van der Waals surface area contributed by atoms with Crippen molar-refractivity contribution in [3.8, 4) is 0 Å². The first-order valence-corrected chi connectivity index (χ1v) is 9.01. The monoisotopic (exact) mass is 403 g/mol. The number of benzene rings is 1. The second-order valence-electron chi connectivity index (χ2n) is 6.60. The summed E-state index contributed by atoms with van der Waals surface area (Å²) in [5, 5.41) is 39.2. The van der Waals surface area contributed by atoms with E-state index in [0.29, 0.717) is 23.2 Å². The number of aromatic amines is 1. The highest BCUT2D eigenvalue weighted by atomic mass is 16.8. The van der Waals surface area contributed by atoms with Gasteiger partial charge in [-0.25, -0.2) is 9.97 Å². The highest BCUT2D eigenvalue weighted by molar-refractivity contribution is 5.68. The Labute approximate surface area is 164 Å². The molecule has 1 unspecified atom stereocenters. The molecule has 11 heteroatoms. The number of nitrogens with one attached hydrogen (secondary N) is 1. The largest absolute Gasteiger partial charge is 0.394 e. The zero-order valence-electron chi connectivity index (χ0n) is 15.2. The first kappa shape index (κ1) is 19.5. The minimum Gasteiger partial charge on any atom is -0.394 e. The molecular formula is C18H21N5O6. The minimum absolute atomic E-state index is 0.337. The van der Waals surface area contributed by atoms with Crippen LogP contribution >= 0.6 is 0 Å². The molecule has 5 atom stereocenters. The number of fused-ring (bicyclic) bond motifs is 1. The molecule has 4 rings (SSSR count). The summed E-state index contributed by atoms with van der Waals surface area (Å²) < 4.78 is 6.52. The van der Waals surface area contributed by atoms with Crippen LogP contribution < -0.4 is 10.3 Å². The Kier molecular flexibility index (Phi) is 5.56. The Hall–Kier alpha value is -2.83. The molecule has 5 N–H and O–H groups in total. The van der Waals surface area contributed by atoms with Gasteiger partial charge in [-0.05, 0) is 5.56 Å². The van der Waals surface area contributed by atoms with Gasteiger partial charge in [0, 0.05) is 0 Å². The van der Waals surface area contributed by atoms with Gasteiger partial charge in [0.15, 0.2) is 11.1 Å². The van der Waals surface area contributed by atoms with Crippen LogP contribution in [0, 0.1) is 0 Å². The van der Waals surface area contributed by atoms with Crippen molar-refractivity contribution in [2.24, 2.45) is 4.99 Å². The topological polar surface area (TPSA) is 158 Å². The molecule has 1 aromatic carbocycles. The summed E-state index contributed by atoms with van der Waals surface area (Å²) in [6.07, 6.45) is -4.24. The number of hydrogen-bond donors (Lipinski definition) is 5. The molecule has 154 valence electrons. The number of aliphatic hydroxyl groups excluding tert-OH is 4. The van der Waals surface area contributed by atoms with E-state index in [1.165, 1.54) is 17.4 Å². The molecule has 0 bridgehead atoms. The van der Waals surface area contributed by atoms with E-state index in [9.17, 15) is 20.4 Å². The maximum atomic E-state index is 10.1. The van der Waals surface area contributed by atoms with Crippen LogP contribution in [-0.2, 0) is 11.3 Å². The van der Waals surface area contributed by atoms with Gasteiger partial charge in [-0.3, -0.25) is 4.99 Å². The Balaban J connectivity index is 1.60. The van der Waals surface area contributed by atoms with Crippen molar-refractivity contribution in [2.75, 3.05) is 6.61 Å². The average Bonchev–Trinajstić information content (AvgIpc) is 3.24. The van der Waals surface area contributed by atoms with E-state index in [2.05, 4.69) is 19.9 Å². The van der Waals surface area contributed by atoms with Crippen LogP contribution in [0.25, 0.3) is 11.2 Å². The summed E-state index contributed by atoms with van der Waals surface area (Å²) in [5.41, 5.74) is 2.29. The molecule has 2 aromatic heterocycles. The van der Waals surface area contributed by atoms with Crippen LogP contribution in [0.15, 0.2) is 48.0 Å². The quantitative estimate of drug-likeness (QED) is 0.330. The predicted molar refractivity (Wildman–Crippen MR) is 97.9 cm³/mol. The van der Waals surface area contributed by atoms with Gasteiger partial charge in [-0.15, -0.1) is 4.73 Å². The Morgan fingerprint density at radius 2 is 1.90 bits per heavy atom. The second kappa shape index (κ2) is 8.27. The highest BCUT2D eigenvalue weighted by Crippen LogP contribution is 2.21. The molecule has 3 aromatic rings. The molecule has 1 aliphatic rings. The van der Waals surface area contributed by atoms with Crippen LogP contribution in [0.4, 0.5) is 0 Å². The average molecular weight is 403 g/mol. The van der Waals surface area contributed by atoms with E-state index < -0.39 is 37.3 Å². The van der Waals surface area contributed by atoms with Crippen LogP contribution in [-0.4, -0.2) is 77.4 Å². The standard InChI is InChI=1S/C18H21N5O6/c24-7-11-13(25)14(26)15(27)18(28-11)29-23-9-22-16(12-17(23)21-8-20-12)19-6-10-4-2-1-3-5-10/h1-5,8-9,11,13-15,18,24-27H,6-7H2,(H,20,21)/t11-,13-,14+,15-,18?/m1/s1. The van der Waals surface area contributed by atoms with Crippen molar-refractivity contribution in [1.82, 2.24) is 19.7 Å². The fraction of sp³-hybridized carbons (Fsp3) is 0.389. The number of imidazole rings is 1. The number of aliphatic hydroxyl groups is 4. The van der Waals surface area contributed by atoms with Crippen molar-refractivity contribution in [2.45, 2.75) is 37.3 Å². The molecule has 29 heavy (non-hydrogen) atoms. The molecule has 0 amide bonds. The molecule has 1 fully saturated rings. The molecular weight excluding hydrogens is 382 g/mol. The Morgan fingerprint density at radius 1 is 1.10 bits per heavy atom. The summed E-state index contributed by atoms with van der Waals surface area (Å²) in [6.45, 7) is -0.123. The fourth-order valence-electron chi connectivity index (χ4n) is 3.06. The summed E-state index contributed by atoms with van der Waals surface area (Å²) >= 11 is 0. The predicted octanol–water partition coefficient (Wildman–Crippen LogP) is -1.91. The van der Waals surface area contributed by atoms with Gasteiger partial charge in [0.25, 0.3) is 6.29 Å². The molecule has 3 heterocycles. The summed E-state index contributed by atoms with van der Waals surface area (Å²) in [4.78, 5) is 21.5. The molecule has 0 spiro atoms. The molecule has 1 aliphatic heterocycles. The zero-order valence-corrected chi connectivity index (χ0v) is 15.2. The number of ether oxygens (including phenoxy) is 1. The van der Waals surface area contributed by atoms with Gasteiger partial charge in [-0.2, -0.15) is 0 Å². The van der Waals surface area contributed by atoms with Crippen LogP contribution in [0.5, 0.6) is 0 Å². The maximum absolute atomic E-state index is 10.1. The minimum atomic E-state index is -1.55. The van der Waals surface area contributed by atoms with Gasteiger partial charge in [-0.1, -0.05) is 30.3 Å². The summed E-state index contributed by atoms with van der Waals surface area (Å²) in [6, 6.07) is 9.70. The van der Waals surface area contributed by atoms with Crippen molar-refractivity contribution >= 4 is 11.2 Å². The lowest BCUT2D eigenvalue weighted by atomic mass is 9.99. The highest BCUT2D eigenvalue weighted by Gasteiger charge is 2.45. The Morgan fingerprint density at radius 3 is 2.66 bits per heavy atom. The van der Waals surface area contributed by atoms with Gasteiger partial charge in [0.1, 0.15) is 36.3 Å². The van der Waals surface area contributed by atoms with Gasteiger partial charge < -0.3 is 35.0 Å². The third kappa shape index (κ3) is 3.86. The van der Waals surface area contributed by atoms with Crippen LogP contribution in [0.2, 0.25) is 0 Å². The number of hydrogen-bond acceptors (Lipinski definition) is 9. The molecule has 0 saturated carbocycles. The van der Waals surface area contributed by atoms with Crippen LogP contribution in [0.3, 0.4) is 0 Å².